The van der Waals surface area contributed by atoms with Crippen molar-refractivity contribution in [3.05, 3.63) is 82.6 Å². The zero-order chi connectivity index (χ0) is 20.8. The van der Waals surface area contributed by atoms with Crippen LogP contribution in [0, 0.1) is 13.8 Å². The fraction of sp³-hybridized carbons (Fsp3) is 0.136. The Kier molecular flexibility index (Phi) is 6.46. The molecular formula is C22H20ClN3O3. The van der Waals surface area contributed by atoms with Gasteiger partial charge in [0.25, 0.3) is 11.8 Å². The number of amides is 2. The van der Waals surface area contributed by atoms with Gasteiger partial charge in [-0.15, -0.1) is 0 Å². The summed E-state index contributed by atoms with van der Waals surface area (Å²) in [7, 11) is 0. The Morgan fingerprint density at radius 3 is 2.28 bits per heavy atom. The van der Waals surface area contributed by atoms with Gasteiger partial charge in [0.05, 0.1) is 16.9 Å². The fourth-order valence-electron chi connectivity index (χ4n) is 2.72. The lowest BCUT2D eigenvalue weighted by molar-refractivity contribution is -0.118. The summed E-state index contributed by atoms with van der Waals surface area (Å²) in [6.07, 6.45) is 3.06. The smallest absolute Gasteiger partial charge is 0.262 e. The molecule has 0 saturated heterocycles. The minimum absolute atomic E-state index is 0.175. The quantitative estimate of drug-likeness (QED) is 0.622. The van der Waals surface area contributed by atoms with Crippen LogP contribution in [-0.2, 0) is 4.79 Å². The molecule has 0 bridgehead atoms. The van der Waals surface area contributed by atoms with Crippen LogP contribution in [0.2, 0.25) is 5.02 Å². The molecule has 6 nitrogen and oxygen atoms in total. The third kappa shape index (κ3) is 5.33. The predicted molar refractivity (Wildman–Crippen MR) is 114 cm³/mol. The molecule has 0 unspecified atom stereocenters. The average molecular weight is 410 g/mol. The number of nitrogens with zero attached hydrogens (tertiary/aromatic N) is 1. The van der Waals surface area contributed by atoms with Crippen LogP contribution in [0.25, 0.3) is 0 Å². The molecule has 0 atom stereocenters. The van der Waals surface area contributed by atoms with Gasteiger partial charge < -0.3 is 15.4 Å². The van der Waals surface area contributed by atoms with Gasteiger partial charge in [-0.2, -0.15) is 0 Å². The normalized spacial score (nSPS) is 10.3. The van der Waals surface area contributed by atoms with Gasteiger partial charge in [0, 0.05) is 17.4 Å². The molecule has 2 amide bonds. The monoisotopic (exact) mass is 409 g/mol. The number of hydrogen-bond acceptors (Lipinski definition) is 4. The number of nitrogens with one attached hydrogen (secondary N) is 2. The SMILES string of the molecule is Cc1cc(OCC(=O)Nc2ccccc2NC(=O)c2cccnc2)cc(C)c1Cl. The van der Waals surface area contributed by atoms with Gasteiger partial charge in [0.2, 0.25) is 0 Å². The highest BCUT2D eigenvalue weighted by Crippen LogP contribution is 2.26. The Morgan fingerprint density at radius 1 is 1.00 bits per heavy atom. The molecule has 7 heteroatoms. The van der Waals surface area contributed by atoms with Crippen LogP contribution < -0.4 is 15.4 Å². The van der Waals surface area contributed by atoms with E-state index in [0.717, 1.165) is 11.1 Å². The Balaban J connectivity index is 1.64. The van der Waals surface area contributed by atoms with Gasteiger partial charge >= 0.3 is 0 Å². The number of hydrogen-bond donors (Lipinski definition) is 2. The van der Waals surface area contributed by atoms with Crippen molar-refractivity contribution >= 4 is 34.8 Å². The van der Waals surface area contributed by atoms with Gasteiger partial charge in [-0.05, 0) is 61.4 Å². The summed E-state index contributed by atoms with van der Waals surface area (Å²) in [6.45, 7) is 3.58. The maximum atomic E-state index is 12.4. The van der Waals surface area contributed by atoms with E-state index in [0.29, 0.717) is 27.7 Å². The molecule has 29 heavy (non-hydrogen) atoms. The van der Waals surface area contributed by atoms with Crippen molar-refractivity contribution in [3.63, 3.8) is 0 Å². The van der Waals surface area contributed by atoms with E-state index in [1.54, 1.807) is 54.7 Å². The second-order valence-electron chi connectivity index (χ2n) is 6.45. The first-order valence-electron chi connectivity index (χ1n) is 8.94. The van der Waals surface area contributed by atoms with E-state index in [9.17, 15) is 9.59 Å². The molecule has 3 rings (SSSR count). The number of anilines is 2. The van der Waals surface area contributed by atoms with E-state index in [1.165, 1.54) is 6.20 Å². The third-order valence-corrected chi connectivity index (χ3v) is 4.75. The summed E-state index contributed by atoms with van der Waals surface area (Å²) in [5.74, 6) is -0.0980. The largest absolute Gasteiger partial charge is 0.484 e. The first kappa shape index (κ1) is 20.4. The Morgan fingerprint density at radius 2 is 1.66 bits per heavy atom. The fourth-order valence-corrected chi connectivity index (χ4v) is 2.83. The lowest BCUT2D eigenvalue weighted by atomic mass is 10.1. The minimum Gasteiger partial charge on any atom is -0.484 e. The van der Waals surface area contributed by atoms with Crippen LogP contribution in [0.4, 0.5) is 11.4 Å². The average Bonchev–Trinajstić information content (AvgIpc) is 2.72. The lowest BCUT2D eigenvalue weighted by Crippen LogP contribution is -2.22. The first-order chi connectivity index (χ1) is 13.9. The van der Waals surface area contributed by atoms with Crippen molar-refractivity contribution in [1.82, 2.24) is 4.98 Å². The number of aromatic nitrogens is 1. The highest BCUT2D eigenvalue weighted by molar-refractivity contribution is 6.32. The summed E-state index contributed by atoms with van der Waals surface area (Å²) >= 11 is 6.15. The Hall–Kier alpha value is -3.38. The van der Waals surface area contributed by atoms with Gasteiger partial charge in [0.1, 0.15) is 5.75 Å². The number of aryl methyl sites for hydroxylation is 2. The van der Waals surface area contributed by atoms with E-state index in [-0.39, 0.29) is 18.4 Å². The topological polar surface area (TPSA) is 80.3 Å². The number of para-hydroxylation sites is 2. The van der Waals surface area contributed by atoms with Gasteiger partial charge in [-0.3, -0.25) is 14.6 Å². The molecule has 0 aliphatic carbocycles. The zero-order valence-corrected chi connectivity index (χ0v) is 16.8. The van der Waals surface area contributed by atoms with Crippen LogP contribution in [0.15, 0.2) is 60.9 Å². The Labute approximate surface area is 173 Å². The molecule has 0 spiro atoms. The molecule has 1 heterocycles. The maximum absolute atomic E-state index is 12.4. The van der Waals surface area contributed by atoms with Crippen LogP contribution in [-0.4, -0.2) is 23.4 Å². The second kappa shape index (κ2) is 9.21. The van der Waals surface area contributed by atoms with Gasteiger partial charge in [-0.1, -0.05) is 23.7 Å². The van der Waals surface area contributed by atoms with Crippen molar-refractivity contribution in [1.29, 1.82) is 0 Å². The number of benzene rings is 2. The number of carbonyl (C=O) groups excluding carboxylic acids is 2. The van der Waals surface area contributed by atoms with Crippen LogP contribution in [0.5, 0.6) is 5.75 Å². The lowest BCUT2D eigenvalue weighted by Gasteiger charge is -2.13. The van der Waals surface area contributed by atoms with E-state index in [2.05, 4.69) is 15.6 Å². The van der Waals surface area contributed by atoms with E-state index in [4.69, 9.17) is 16.3 Å². The van der Waals surface area contributed by atoms with E-state index >= 15 is 0 Å². The molecule has 0 fully saturated rings. The molecule has 2 aromatic carbocycles. The van der Waals surface area contributed by atoms with Crippen molar-refractivity contribution in [2.24, 2.45) is 0 Å². The number of carbonyl (C=O) groups is 2. The maximum Gasteiger partial charge on any atom is 0.262 e. The number of ether oxygens (including phenoxy) is 1. The summed E-state index contributed by atoms with van der Waals surface area (Å²) in [4.78, 5) is 28.6. The molecule has 148 valence electrons. The number of pyridine rings is 1. The second-order valence-corrected chi connectivity index (χ2v) is 6.83. The van der Waals surface area contributed by atoms with Crippen LogP contribution in [0.3, 0.4) is 0 Å². The summed E-state index contributed by atoms with van der Waals surface area (Å²) < 4.78 is 5.58. The third-order valence-electron chi connectivity index (χ3n) is 4.15. The molecule has 0 aliphatic heterocycles. The standard InChI is InChI=1S/C22H20ClN3O3/c1-14-10-17(11-15(2)21(14)23)29-13-20(27)25-18-7-3-4-8-19(18)26-22(28)16-6-5-9-24-12-16/h3-12H,13H2,1-2H3,(H,25,27)(H,26,28). The number of rotatable bonds is 6. The zero-order valence-electron chi connectivity index (χ0n) is 16.0. The van der Waals surface area contributed by atoms with E-state index < -0.39 is 0 Å². The van der Waals surface area contributed by atoms with Crippen molar-refractivity contribution in [3.8, 4) is 5.75 Å². The summed E-state index contributed by atoms with van der Waals surface area (Å²) in [6, 6.07) is 13.8. The molecular weight excluding hydrogens is 390 g/mol. The molecule has 2 N–H and O–H groups in total. The highest BCUT2D eigenvalue weighted by atomic mass is 35.5. The molecule has 3 aromatic rings. The van der Waals surface area contributed by atoms with E-state index in [1.807, 2.05) is 13.8 Å². The number of halogens is 1. The molecule has 0 saturated carbocycles. The van der Waals surface area contributed by atoms with Gasteiger partial charge in [-0.25, -0.2) is 0 Å². The summed E-state index contributed by atoms with van der Waals surface area (Å²) in [5.41, 5.74) is 3.14. The molecule has 0 aliphatic rings. The minimum atomic E-state index is -0.349. The van der Waals surface area contributed by atoms with Crippen LogP contribution >= 0.6 is 11.6 Å². The van der Waals surface area contributed by atoms with Crippen molar-refractivity contribution in [2.45, 2.75) is 13.8 Å². The van der Waals surface area contributed by atoms with Crippen LogP contribution in [0.1, 0.15) is 21.5 Å². The Bertz CT molecular complexity index is 1020. The molecule has 1 aromatic heterocycles. The highest BCUT2D eigenvalue weighted by Gasteiger charge is 2.12. The first-order valence-corrected chi connectivity index (χ1v) is 9.31. The summed E-state index contributed by atoms with van der Waals surface area (Å²) in [5, 5.41) is 6.22. The van der Waals surface area contributed by atoms with Crippen molar-refractivity contribution in [2.75, 3.05) is 17.2 Å². The van der Waals surface area contributed by atoms with Crippen molar-refractivity contribution < 1.29 is 14.3 Å². The predicted octanol–water partition coefficient (Wildman–Crippen LogP) is 4.62. The molecule has 0 radical (unpaired) electrons. The van der Waals surface area contributed by atoms with Gasteiger partial charge in [0.15, 0.2) is 6.61 Å².